The van der Waals surface area contributed by atoms with Gasteiger partial charge in [-0.2, -0.15) is 0 Å². The Balaban J connectivity index is 1.82. The molecule has 2 aromatic rings. The number of phenolic OH excluding ortho intramolecular Hbond substituents is 2. The summed E-state index contributed by atoms with van der Waals surface area (Å²) in [5.74, 6) is -2.68. The van der Waals surface area contributed by atoms with E-state index < -0.39 is 11.8 Å². The molecule has 6 N–H and O–H groups in total. The smallest absolute Gasteiger partial charge is 0.273 e. The number of aromatic hydroxyl groups is 2. The number of nitrogens with one attached hydrogen (secondary N) is 4. The minimum atomic E-state index is -0.560. The van der Waals surface area contributed by atoms with Crippen LogP contribution in [0.5, 0.6) is 11.5 Å². The van der Waals surface area contributed by atoms with Crippen molar-refractivity contribution < 1.29 is 29.4 Å². The molecule has 0 spiro atoms. The standard InChI is InChI=1S/C34H50N4O6/c1-5-8-16-24-19-12-21-27(39)29(24)33(43)37-35-31(41)23(4)15-10-11-18-26(14-7-3)32(42)36-38-34(44)30-25(17-9-6-2)20-13-22-28(30)40/h12-13,19-23,26,39-40H,5-11,14-18H2,1-4H3,(H,35,41)(H,36,42)(H,37,43)(H,38,44). The Morgan fingerprint density at radius 3 is 1.57 bits per heavy atom. The normalized spacial score (nSPS) is 12.2. The summed E-state index contributed by atoms with van der Waals surface area (Å²) in [7, 11) is 0. The molecule has 2 aromatic carbocycles. The molecule has 10 nitrogen and oxygen atoms in total. The molecule has 0 saturated carbocycles. The SMILES string of the molecule is CCCCc1cccc(O)c1C(=O)NNC(=O)C(C)CCCCC(CCC)C(=O)NNC(=O)c1c(O)cccc1CCCC. The first-order valence-electron chi connectivity index (χ1n) is 16.0. The molecule has 0 fully saturated rings. The molecule has 2 rings (SSSR count). The third-order valence-corrected chi connectivity index (χ3v) is 7.80. The molecule has 0 aromatic heterocycles. The summed E-state index contributed by atoms with van der Waals surface area (Å²) >= 11 is 0. The molecular formula is C34H50N4O6. The summed E-state index contributed by atoms with van der Waals surface area (Å²) in [5, 5.41) is 20.5. The lowest BCUT2D eigenvalue weighted by Gasteiger charge is -2.18. The van der Waals surface area contributed by atoms with Crippen molar-refractivity contribution in [3.05, 3.63) is 58.7 Å². The number of phenols is 2. The van der Waals surface area contributed by atoms with Crippen LogP contribution in [0.15, 0.2) is 36.4 Å². The zero-order chi connectivity index (χ0) is 32.5. The highest BCUT2D eigenvalue weighted by molar-refractivity contribution is 6.00. The Bertz CT molecular complexity index is 1250. The van der Waals surface area contributed by atoms with Gasteiger partial charge in [0.2, 0.25) is 11.8 Å². The lowest BCUT2D eigenvalue weighted by Crippen LogP contribution is -2.45. The average molecular weight is 611 g/mol. The highest BCUT2D eigenvalue weighted by Crippen LogP contribution is 2.24. The summed E-state index contributed by atoms with van der Waals surface area (Å²) in [6.07, 6.45) is 8.95. The van der Waals surface area contributed by atoms with E-state index in [2.05, 4.69) is 28.6 Å². The fourth-order valence-corrected chi connectivity index (χ4v) is 5.16. The van der Waals surface area contributed by atoms with Crippen LogP contribution < -0.4 is 21.7 Å². The van der Waals surface area contributed by atoms with Crippen LogP contribution in [0.1, 0.15) is 124 Å². The maximum Gasteiger partial charge on any atom is 0.273 e. The van der Waals surface area contributed by atoms with E-state index in [9.17, 15) is 29.4 Å². The van der Waals surface area contributed by atoms with E-state index >= 15 is 0 Å². The van der Waals surface area contributed by atoms with E-state index in [1.54, 1.807) is 31.2 Å². The molecule has 44 heavy (non-hydrogen) atoms. The summed E-state index contributed by atoms with van der Waals surface area (Å²) < 4.78 is 0. The zero-order valence-electron chi connectivity index (χ0n) is 26.6. The number of hydrogen-bond acceptors (Lipinski definition) is 6. The van der Waals surface area contributed by atoms with Gasteiger partial charge in [0.05, 0.1) is 11.1 Å². The number of hydrogen-bond donors (Lipinski definition) is 6. The van der Waals surface area contributed by atoms with E-state index in [0.717, 1.165) is 43.2 Å². The first-order valence-corrected chi connectivity index (χ1v) is 16.0. The molecular weight excluding hydrogens is 560 g/mol. The molecule has 0 saturated heterocycles. The van der Waals surface area contributed by atoms with Crippen molar-refractivity contribution in [2.24, 2.45) is 11.8 Å². The number of hydrazine groups is 2. The van der Waals surface area contributed by atoms with E-state index in [-0.39, 0.29) is 46.3 Å². The van der Waals surface area contributed by atoms with Gasteiger partial charge in [0.1, 0.15) is 11.5 Å². The first kappa shape index (κ1) is 36.1. The van der Waals surface area contributed by atoms with E-state index in [1.807, 2.05) is 13.8 Å². The molecule has 0 heterocycles. The number of carbonyl (C=O) groups excluding carboxylic acids is 4. The fraction of sp³-hybridized carbons (Fsp3) is 0.529. The van der Waals surface area contributed by atoms with Gasteiger partial charge in [0.15, 0.2) is 0 Å². The maximum atomic E-state index is 12.9. The topological polar surface area (TPSA) is 157 Å². The lowest BCUT2D eigenvalue weighted by molar-refractivity contribution is -0.127. The maximum absolute atomic E-state index is 12.9. The number of rotatable bonds is 17. The second-order valence-electron chi connectivity index (χ2n) is 11.4. The van der Waals surface area contributed by atoms with Gasteiger partial charge in [-0.15, -0.1) is 0 Å². The minimum Gasteiger partial charge on any atom is -0.507 e. The van der Waals surface area contributed by atoms with Gasteiger partial charge in [-0.25, -0.2) is 0 Å². The van der Waals surface area contributed by atoms with Crippen LogP contribution in [-0.2, 0) is 22.4 Å². The van der Waals surface area contributed by atoms with Crippen LogP contribution in [0, 0.1) is 11.8 Å². The highest BCUT2D eigenvalue weighted by Gasteiger charge is 2.22. The van der Waals surface area contributed by atoms with Crippen molar-refractivity contribution in [2.45, 2.75) is 105 Å². The monoisotopic (exact) mass is 610 g/mol. The van der Waals surface area contributed by atoms with Crippen LogP contribution in [0.2, 0.25) is 0 Å². The van der Waals surface area contributed by atoms with Crippen molar-refractivity contribution >= 4 is 23.6 Å². The largest absolute Gasteiger partial charge is 0.507 e. The summed E-state index contributed by atoms with van der Waals surface area (Å²) in [6.45, 7) is 7.86. The first-order chi connectivity index (χ1) is 21.1. The van der Waals surface area contributed by atoms with Gasteiger partial charge in [-0.05, 0) is 68.2 Å². The minimum absolute atomic E-state index is 0.122. The predicted octanol–water partition coefficient (Wildman–Crippen LogP) is 5.62. The fourth-order valence-electron chi connectivity index (χ4n) is 5.16. The number of benzene rings is 2. The molecule has 4 amide bonds. The third-order valence-electron chi connectivity index (χ3n) is 7.80. The third kappa shape index (κ3) is 11.2. The van der Waals surface area contributed by atoms with Gasteiger partial charge in [-0.3, -0.25) is 40.9 Å². The predicted molar refractivity (Wildman–Crippen MR) is 171 cm³/mol. The van der Waals surface area contributed by atoms with Gasteiger partial charge in [-0.1, -0.05) is 84.1 Å². The Kier molecular flexibility index (Phi) is 15.8. The van der Waals surface area contributed by atoms with Crippen molar-refractivity contribution in [3.63, 3.8) is 0 Å². The molecule has 0 aliphatic heterocycles. The summed E-state index contributed by atoms with van der Waals surface area (Å²) in [4.78, 5) is 51.1. The van der Waals surface area contributed by atoms with Crippen molar-refractivity contribution in [1.29, 1.82) is 0 Å². The van der Waals surface area contributed by atoms with Crippen LogP contribution in [-0.4, -0.2) is 33.8 Å². The molecule has 0 aliphatic carbocycles. The van der Waals surface area contributed by atoms with Gasteiger partial charge in [0, 0.05) is 11.8 Å². The Hall–Kier alpha value is -4.08. The van der Waals surface area contributed by atoms with Gasteiger partial charge in [0.25, 0.3) is 11.8 Å². The molecule has 0 radical (unpaired) electrons. The number of amides is 4. The molecule has 0 aliphatic rings. The lowest BCUT2D eigenvalue weighted by atomic mass is 9.94. The van der Waals surface area contributed by atoms with E-state index in [0.29, 0.717) is 44.9 Å². The van der Waals surface area contributed by atoms with E-state index in [1.165, 1.54) is 12.1 Å². The molecule has 10 heteroatoms. The van der Waals surface area contributed by atoms with Crippen LogP contribution >= 0.6 is 0 Å². The van der Waals surface area contributed by atoms with Crippen LogP contribution in [0.25, 0.3) is 0 Å². The highest BCUT2D eigenvalue weighted by atomic mass is 16.3. The molecule has 0 bridgehead atoms. The Morgan fingerprint density at radius 2 is 1.09 bits per heavy atom. The Morgan fingerprint density at radius 1 is 0.614 bits per heavy atom. The van der Waals surface area contributed by atoms with Crippen molar-refractivity contribution in [3.8, 4) is 11.5 Å². The van der Waals surface area contributed by atoms with Gasteiger partial charge < -0.3 is 10.2 Å². The van der Waals surface area contributed by atoms with Crippen molar-refractivity contribution in [2.75, 3.05) is 0 Å². The summed E-state index contributed by atoms with van der Waals surface area (Å²) in [5.41, 5.74) is 11.7. The second kappa shape index (κ2) is 19.2. The molecule has 2 unspecified atom stereocenters. The van der Waals surface area contributed by atoms with Gasteiger partial charge >= 0.3 is 0 Å². The molecule has 242 valence electrons. The number of unbranched alkanes of at least 4 members (excludes halogenated alkanes) is 3. The van der Waals surface area contributed by atoms with Crippen molar-refractivity contribution in [1.82, 2.24) is 21.7 Å². The number of aryl methyl sites for hydroxylation is 2. The average Bonchev–Trinajstić information content (AvgIpc) is 3.01. The summed E-state index contributed by atoms with van der Waals surface area (Å²) in [6, 6.07) is 9.91. The zero-order valence-corrected chi connectivity index (χ0v) is 26.6. The number of carbonyl (C=O) groups is 4. The Labute approximate surface area is 261 Å². The second-order valence-corrected chi connectivity index (χ2v) is 11.4. The van der Waals surface area contributed by atoms with Crippen LogP contribution in [0.3, 0.4) is 0 Å². The quantitative estimate of drug-likeness (QED) is 0.101. The van der Waals surface area contributed by atoms with Crippen LogP contribution in [0.4, 0.5) is 0 Å². The van der Waals surface area contributed by atoms with E-state index in [4.69, 9.17) is 0 Å². The molecule has 2 atom stereocenters.